The Morgan fingerprint density at radius 2 is 0.639 bits per heavy atom. The van der Waals surface area contributed by atoms with Crippen LogP contribution in [-0.2, 0) is 4.79 Å². The molecule has 0 aromatic rings. The van der Waals surface area contributed by atoms with Crippen molar-refractivity contribution in [2.75, 3.05) is 6.61 Å². The summed E-state index contributed by atoms with van der Waals surface area (Å²) >= 11 is 0. The second-order valence-corrected chi connectivity index (χ2v) is 19.5. The molecule has 1 amide bonds. The quantitative estimate of drug-likeness (QED) is 0.0362. The number of rotatable bonds is 52. The lowest BCUT2D eigenvalue weighted by molar-refractivity contribution is -0.131. The average Bonchev–Trinajstić information content (AvgIpc) is 3.26. The van der Waals surface area contributed by atoms with E-state index in [0.717, 1.165) is 32.1 Å². The Labute approximate surface area is 382 Å². The Balaban J connectivity index is 3.54. The predicted molar refractivity (Wildman–Crippen MR) is 269 cm³/mol. The topological polar surface area (TPSA) is 89.8 Å². The van der Waals surface area contributed by atoms with Crippen LogP contribution in [0.15, 0.2) is 12.2 Å². The van der Waals surface area contributed by atoms with Gasteiger partial charge in [-0.25, -0.2) is 0 Å². The molecule has 0 radical (unpaired) electrons. The van der Waals surface area contributed by atoms with Gasteiger partial charge < -0.3 is 20.6 Å². The summed E-state index contributed by atoms with van der Waals surface area (Å²) in [5.74, 6) is -0.495. The zero-order valence-corrected chi connectivity index (χ0v) is 41.6. The van der Waals surface area contributed by atoms with Crippen LogP contribution in [0.3, 0.4) is 0 Å². The first kappa shape index (κ1) is 60.1. The van der Waals surface area contributed by atoms with Gasteiger partial charge in [-0.2, -0.15) is 0 Å². The average molecular weight is 863 g/mol. The molecule has 0 saturated heterocycles. The molecule has 0 fully saturated rings. The molecule has 0 aliphatic rings. The van der Waals surface area contributed by atoms with Crippen molar-refractivity contribution < 1.29 is 20.1 Å². The van der Waals surface area contributed by atoms with Crippen LogP contribution in [0.1, 0.15) is 316 Å². The van der Waals surface area contributed by atoms with Crippen LogP contribution in [0.4, 0.5) is 0 Å². The molecule has 0 aliphatic carbocycles. The van der Waals surface area contributed by atoms with Crippen LogP contribution in [0.2, 0.25) is 0 Å². The fraction of sp³-hybridized carbons (Fsp3) is 0.946. The van der Waals surface area contributed by atoms with Gasteiger partial charge in [0.25, 0.3) is 0 Å². The Kier molecular flexibility index (Phi) is 51.0. The molecule has 0 spiro atoms. The Hall–Kier alpha value is -0.910. The van der Waals surface area contributed by atoms with Gasteiger partial charge in [0, 0.05) is 0 Å². The van der Waals surface area contributed by atoms with Gasteiger partial charge in [-0.3, -0.25) is 4.79 Å². The van der Waals surface area contributed by atoms with Gasteiger partial charge in [0.2, 0.25) is 5.91 Å². The second kappa shape index (κ2) is 51.7. The first-order valence-electron chi connectivity index (χ1n) is 28.0. The van der Waals surface area contributed by atoms with Gasteiger partial charge >= 0.3 is 0 Å². The van der Waals surface area contributed by atoms with E-state index < -0.39 is 24.2 Å². The Bertz CT molecular complexity index is 864. The summed E-state index contributed by atoms with van der Waals surface area (Å²) in [5, 5.41) is 33.4. The minimum atomic E-state index is -1.09. The number of carbonyl (C=O) groups excluding carboxylic acids is 1. The summed E-state index contributed by atoms with van der Waals surface area (Å²) in [6.07, 6.45) is 64.3. The van der Waals surface area contributed by atoms with E-state index in [1.807, 2.05) is 6.08 Å². The van der Waals surface area contributed by atoms with Crippen molar-refractivity contribution in [2.45, 2.75) is 334 Å². The van der Waals surface area contributed by atoms with Crippen molar-refractivity contribution in [3.05, 3.63) is 12.2 Å². The van der Waals surface area contributed by atoms with Crippen LogP contribution in [-0.4, -0.2) is 46.1 Å². The summed E-state index contributed by atoms with van der Waals surface area (Å²) < 4.78 is 0. The molecule has 5 heteroatoms. The van der Waals surface area contributed by atoms with E-state index in [2.05, 4.69) is 19.2 Å². The lowest BCUT2D eigenvalue weighted by atomic mass is 10.0. The molecule has 0 bridgehead atoms. The van der Waals surface area contributed by atoms with E-state index in [9.17, 15) is 20.1 Å². The third-order valence-electron chi connectivity index (χ3n) is 13.4. The van der Waals surface area contributed by atoms with Crippen LogP contribution in [0.5, 0.6) is 0 Å². The zero-order chi connectivity index (χ0) is 44.4. The van der Waals surface area contributed by atoms with Crippen molar-refractivity contribution >= 4 is 5.91 Å². The van der Waals surface area contributed by atoms with Crippen molar-refractivity contribution in [1.82, 2.24) is 5.32 Å². The minimum absolute atomic E-state index is 0.358. The third-order valence-corrected chi connectivity index (χ3v) is 13.4. The molecule has 0 saturated carbocycles. The highest BCUT2D eigenvalue weighted by molar-refractivity contribution is 5.80. The lowest BCUT2D eigenvalue weighted by Gasteiger charge is -2.21. The number of hydrogen-bond donors (Lipinski definition) is 4. The molecule has 0 rings (SSSR count). The SMILES string of the molecule is CCCCCCCCCCCCCCCCCCCCCC/C=C/C(O)C(CO)NC(=O)C(O)CCCCCCCCCCCCCCCCCCCCCCCCCCC. The first-order chi connectivity index (χ1) is 30.1. The molecule has 0 heterocycles. The fourth-order valence-corrected chi connectivity index (χ4v) is 9.01. The number of hydrogen-bond acceptors (Lipinski definition) is 4. The number of aliphatic hydroxyl groups excluding tert-OH is 3. The van der Waals surface area contributed by atoms with Crippen LogP contribution in [0.25, 0.3) is 0 Å². The Morgan fingerprint density at radius 1 is 0.393 bits per heavy atom. The fourth-order valence-electron chi connectivity index (χ4n) is 9.01. The van der Waals surface area contributed by atoms with Gasteiger partial charge in [-0.05, 0) is 19.3 Å². The molecule has 61 heavy (non-hydrogen) atoms. The van der Waals surface area contributed by atoms with Gasteiger partial charge in [-0.15, -0.1) is 0 Å². The third kappa shape index (κ3) is 46.9. The Morgan fingerprint density at radius 3 is 0.902 bits per heavy atom. The molecular formula is C56H111NO4. The highest BCUT2D eigenvalue weighted by Crippen LogP contribution is 2.18. The molecule has 0 aromatic heterocycles. The lowest BCUT2D eigenvalue weighted by Crippen LogP contribution is -2.48. The number of allylic oxidation sites excluding steroid dienone is 1. The van der Waals surface area contributed by atoms with Gasteiger partial charge in [0.1, 0.15) is 6.10 Å². The van der Waals surface area contributed by atoms with Gasteiger partial charge in [-0.1, -0.05) is 309 Å². The molecule has 364 valence electrons. The monoisotopic (exact) mass is 862 g/mol. The largest absolute Gasteiger partial charge is 0.394 e. The number of aliphatic hydroxyl groups is 3. The number of amides is 1. The van der Waals surface area contributed by atoms with Gasteiger partial charge in [0.05, 0.1) is 18.8 Å². The summed E-state index contributed by atoms with van der Waals surface area (Å²) in [4.78, 5) is 12.5. The maximum absolute atomic E-state index is 12.5. The van der Waals surface area contributed by atoms with E-state index in [4.69, 9.17) is 0 Å². The molecule has 4 N–H and O–H groups in total. The summed E-state index contributed by atoms with van der Waals surface area (Å²) in [6.45, 7) is 4.23. The first-order valence-corrected chi connectivity index (χ1v) is 28.0. The highest BCUT2D eigenvalue weighted by Gasteiger charge is 2.22. The predicted octanol–water partition coefficient (Wildman–Crippen LogP) is 17.1. The van der Waals surface area contributed by atoms with E-state index in [0.29, 0.717) is 6.42 Å². The van der Waals surface area contributed by atoms with Gasteiger partial charge in [0.15, 0.2) is 0 Å². The maximum Gasteiger partial charge on any atom is 0.249 e. The standard InChI is InChI=1S/C56H111NO4/c1-3-5-7-9-11-13-15-17-19-21-23-25-27-28-29-31-33-35-37-39-41-43-45-47-49-51-55(60)56(61)57-53(52-58)54(59)50-48-46-44-42-40-38-36-34-32-30-26-24-22-20-18-16-14-12-10-8-6-4-2/h48,50,53-55,58-60H,3-47,49,51-52H2,1-2H3,(H,57,61)/b50-48+. The van der Waals surface area contributed by atoms with Crippen LogP contribution in [0, 0.1) is 0 Å². The second-order valence-electron chi connectivity index (χ2n) is 19.5. The normalized spacial score (nSPS) is 13.3. The van der Waals surface area contributed by atoms with E-state index in [-0.39, 0.29) is 6.61 Å². The van der Waals surface area contributed by atoms with Crippen LogP contribution < -0.4 is 5.32 Å². The summed E-state index contributed by atoms with van der Waals surface area (Å²) in [6, 6.07) is -0.794. The zero-order valence-electron chi connectivity index (χ0n) is 41.6. The van der Waals surface area contributed by atoms with E-state index in [1.165, 1.54) is 263 Å². The molecule has 0 aliphatic heterocycles. The molecular weight excluding hydrogens is 751 g/mol. The molecule has 3 atom stereocenters. The number of unbranched alkanes of at least 4 members (excludes halogenated alkanes) is 44. The molecule has 5 nitrogen and oxygen atoms in total. The summed E-state index contributed by atoms with van der Waals surface area (Å²) in [7, 11) is 0. The number of nitrogens with one attached hydrogen (secondary N) is 1. The molecule has 3 unspecified atom stereocenters. The van der Waals surface area contributed by atoms with Crippen molar-refractivity contribution in [2.24, 2.45) is 0 Å². The van der Waals surface area contributed by atoms with Crippen molar-refractivity contribution in [1.29, 1.82) is 0 Å². The number of carbonyl (C=O) groups is 1. The van der Waals surface area contributed by atoms with Crippen molar-refractivity contribution in [3.8, 4) is 0 Å². The van der Waals surface area contributed by atoms with Crippen molar-refractivity contribution in [3.63, 3.8) is 0 Å². The highest BCUT2D eigenvalue weighted by atomic mass is 16.3. The van der Waals surface area contributed by atoms with E-state index in [1.54, 1.807) is 6.08 Å². The summed E-state index contributed by atoms with van der Waals surface area (Å²) in [5.41, 5.74) is 0. The smallest absolute Gasteiger partial charge is 0.249 e. The van der Waals surface area contributed by atoms with Crippen LogP contribution >= 0.6 is 0 Å². The minimum Gasteiger partial charge on any atom is -0.394 e. The van der Waals surface area contributed by atoms with E-state index >= 15 is 0 Å². The molecule has 0 aromatic carbocycles. The maximum atomic E-state index is 12.5.